The lowest BCUT2D eigenvalue weighted by atomic mass is 10.1. The zero-order valence-corrected chi connectivity index (χ0v) is 5.84. The average Bonchev–Trinajstić information content (AvgIpc) is 1.89. The van der Waals surface area contributed by atoms with Crippen LogP contribution in [0.2, 0.25) is 0 Å². The van der Waals surface area contributed by atoms with E-state index in [4.69, 9.17) is 0 Å². The highest BCUT2D eigenvalue weighted by molar-refractivity contribution is 7.25. The molecule has 0 aromatic rings. The van der Waals surface area contributed by atoms with E-state index >= 15 is 0 Å². The number of hydrogen-bond donors (Lipinski definition) is 0. The van der Waals surface area contributed by atoms with Gasteiger partial charge in [0.15, 0.2) is 8.46 Å². The van der Waals surface area contributed by atoms with Crippen LogP contribution in [0.4, 0.5) is 0 Å². The molecule has 0 aromatic heterocycles. The summed E-state index contributed by atoms with van der Waals surface area (Å²) in [5, 5.41) is 0. The summed E-state index contributed by atoms with van der Waals surface area (Å²) in [5.41, 5.74) is 0.921. The summed E-state index contributed by atoms with van der Waals surface area (Å²) in [7, 11) is 0.133. The van der Waals surface area contributed by atoms with Crippen LogP contribution in [-0.4, -0.2) is 5.66 Å². The Labute approximate surface area is 56.0 Å². The molecule has 0 spiro atoms. The Bertz CT molecular complexity index is 191. The summed E-state index contributed by atoms with van der Waals surface area (Å²) in [6.07, 6.45) is 7.51. The monoisotopic (exact) mass is 138 g/mol. The summed E-state index contributed by atoms with van der Waals surface area (Å²) in [4.78, 5) is 0. The molecule has 1 atom stereocenters. The molecule has 0 bridgehead atoms. The van der Waals surface area contributed by atoms with Crippen LogP contribution in [0, 0.1) is 0 Å². The first-order valence-corrected chi connectivity index (χ1v) is 3.59. The molecule has 9 heavy (non-hydrogen) atoms. The summed E-state index contributed by atoms with van der Waals surface area (Å²) in [6.45, 7) is 3.72. The minimum atomic E-state index is 0.00926. The van der Waals surface area contributed by atoms with E-state index in [-0.39, 0.29) is 14.1 Å². The van der Waals surface area contributed by atoms with Crippen LogP contribution in [0.3, 0.4) is 0 Å². The van der Waals surface area contributed by atoms with Crippen molar-refractivity contribution in [3.63, 3.8) is 0 Å². The van der Waals surface area contributed by atoms with Crippen LogP contribution >= 0.6 is 8.46 Å². The third-order valence-corrected chi connectivity index (χ3v) is 1.94. The zero-order valence-electron chi connectivity index (χ0n) is 4.95. The van der Waals surface area contributed by atoms with Crippen LogP contribution in [-0.2, 0) is 4.57 Å². The zero-order chi connectivity index (χ0) is 6.69. The van der Waals surface area contributed by atoms with E-state index in [1.54, 1.807) is 0 Å². The van der Waals surface area contributed by atoms with Gasteiger partial charge in [0.25, 0.3) is 0 Å². The van der Waals surface area contributed by atoms with E-state index in [9.17, 15) is 4.57 Å². The lowest BCUT2D eigenvalue weighted by Gasteiger charge is -2.04. The van der Waals surface area contributed by atoms with Crippen molar-refractivity contribution >= 4 is 8.46 Å². The molecular formula is C7H7OP. The summed E-state index contributed by atoms with van der Waals surface area (Å²) in [5.74, 6) is 0. The molecule has 2 heteroatoms. The van der Waals surface area contributed by atoms with Gasteiger partial charge < -0.3 is 0 Å². The van der Waals surface area contributed by atoms with E-state index in [0.717, 1.165) is 5.57 Å². The second-order valence-corrected chi connectivity index (χ2v) is 2.64. The van der Waals surface area contributed by atoms with Gasteiger partial charge in [-0.15, -0.1) is 0 Å². The highest BCUT2D eigenvalue weighted by atomic mass is 31.1. The van der Waals surface area contributed by atoms with Crippen molar-refractivity contribution in [2.24, 2.45) is 0 Å². The van der Waals surface area contributed by atoms with Crippen LogP contribution < -0.4 is 0 Å². The van der Waals surface area contributed by atoms with Gasteiger partial charge in [-0.3, -0.25) is 4.57 Å². The largest absolute Gasteiger partial charge is 0.274 e. The number of allylic oxidation sites excluding steroid dienone is 5. The SMILES string of the molecule is C=C1C=CC=C[C@@H]1P=O. The van der Waals surface area contributed by atoms with E-state index in [1.807, 2.05) is 24.3 Å². The quantitative estimate of drug-likeness (QED) is 0.508. The Kier molecular flexibility index (Phi) is 1.96. The first-order valence-electron chi connectivity index (χ1n) is 2.71. The van der Waals surface area contributed by atoms with Crippen molar-refractivity contribution in [3.8, 4) is 0 Å². The van der Waals surface area contributed by atoms with Gasteiger partial charge in [-0.05, 0) is 5.57 Å². The molecule has 1 rings (SSSR count). The smallest absolute Gasteiger partial charge is 0.167 e. The van der Waals surface area contributed by atoms with Crippen molar-refractivity contribution in [1.82, 2.24) is 0 Å². The first kappa shape index (κ1) is 6.44. The highest BCUT2D eigenvalue weighted by Gasteiger charge is 2.06. The van der Waals surface area contributed by atoms with Crippen LogP contribution in [0.25, 0.3) is 0 Å². The fourth-order valence-electron chi connectivity index (χ4n) is 0.674. The third kappa shape index (κ3) is 1.36. The minimum Gasteiger partial charge on any atom is -0.274 e. The van der Waals surface area contributed by atoms with E-state index in [2.05, 4.69) is 6.58 Å². The summed E-state index contributed by atoms with van der Waals surface area (Å²) >= 11 is 0. The summed E-state index contributed by atoms with van der Waals surface area (Å²) < 4.78 is 10.3. The standard InChI is InChI=1S/C7H7OP/c1-6-4-2-3-5-7(6)9-8/h2-5,7H,1H2/t7-/m0/s1. The molecule has 46 valence electrons. The van der Waals surface area contributed by atoms with Gasteiger partial charge in [0.1, 0.15) is 0 Å². The molecule has 0 aliphatic heterocycles. The van der Waals surface area contributed by atoms with E-state index in [1.165, 1.54) is 0 Å². The summed E-state index contributed by atoms with van der Waals surface area (Å²) in [6, 6.07) is 0. The van der Waals surface area contributed by atoms with Crippen molar-refractivity contribution in [2.45, 2.75) is 5.66 Å². The second-order valence-electron chi connectivity index (χ2n) is 1.87. The maximum absolute atomic E-state index is 10.3. The lowest BCUT2D eigenvalue weighted by Crippen LogP contribution is -1.97. The Hall–Kier alpha value is -0.680. The molecule has 0 aromatic carbocycles. The van der Waals surface area contributed by atoms with E-state index < -0.39 is 0 Å². The van der Waals surface area contributed by atoms with Gasteiger partial charge in [-0.2, -0.15) is 0 Å². The van der Waals surface area contributed by atoms with Crippen LogP contribution in [0.15, 0.2) is 36.5 Å². The fraction of sp³-hybridized carbons (Fsp3) is 0.143. The Morgan fingerprint density at radius 3 is 2.78 bits per heavy atom. The number of hydrogen-bond acceptors (Lipinski definition) is 1. The molecule has 0 amide bonds. The molecule has 0 heterocycles. The van der Waals surface area contributed by atoms with Gasteiger partial charge >= 0.3 is 0 Å². The van der Waals surface area contributed by atoms with Gasteiger partial charge in [0, 0.05) is 0 Å². The molecule has 0 fully saturated rings. The van der Waals surface area contributed by atoms with Crippen LogP contribution in [0.1, 0.15) is 0 Å². The molecule has 1 nitrogen and oxygen atoms in total. The maximum atomic E-state index is 10.3. The Balaban J connectivity index is 2.77. The van der Waals surface area contributed by atoms with Crippen molar-refractivity contribution in [3.05, 3.63) is 36.5 Å². The Morgan fingerprint density at radius 1 is 1.56 bits per heavy atom. The molecule has 1 aliphatic carbocycles. The first-order chi connectivity index (χ1) is 4.34. The van der Waals surface area contributed by atoms with Gasteiger partial charge in [-0.25, -0.2) is 0 Å². The van der Waals surface area contributed by atoms with Gasteiger partial charge in [0.05, 0.1) is 5.66 Å². The number of rotatable bonds is 1. The molecule has 0 unspecified atom stereocenters. The van der Waals surface area contributed by atoms with Crippen molar-refractivity contribution in [2.75, 3.05) is 0 Å². The highest BCUT2D eigenvalue weighted by Crippen LogP contribution is 2.20. The average molecular weight is 138 g/mol. The van der Waals surface area contributed by atoms with Crippen LogP contribution in [0.5, 0.6) is 0 Å². The second kappa shape index (κ2) is 2.75. The molecule has 1 aliphatic rings. The predicted molar refractivity (Wildman–Crippen MR) is 38.8 cm³/mol. The van der Waals surface area contributed by atoms with Gasteiger partial charge in [0.2, 0.25) is 0 Å². The lowest BCUT2D eigenvalue weighted by molar-refractivity contribution is 0.597. The normalized spacial score (nSPS) is 25.3. The fourth-order valence-corrected chi connectivity index (χ4v) is 1.06. The molecule has 0 radical (unpaired) electrons. The van der Waals surface area contributed by atoms with Gasteiger partial charge in [-0.1, -0.05) is 30.9 Å². The molecule has 0 saturated carbocycles. The molecular weight excluding hydrogens is 131 g/mol. The third-order valence-electron chi connectivity index (χ3n) is 1.21. The maximum Gasteiger partial charge on any atom is 0.167 e. The topological polar surface area (TPSA) is 17.1 Å². The molecule has 0 saturated heterocycles. The van der Waals surface area contributed by atoms with Crippen molar-refractivity contribution < 1.29 is 4.57 Å². The Morgan fingerprint density at radius 2 is 2.33 bits per heavy atom. The minimum absolute atomic E-state index is 0.00926. The van der Waals surface area contributed by atoms with E-state index in [0.29, 0.717) is 0 Å². The molecule has 0 N–H and O–H groups in total. The predicted octanol–water partition coefficient (Wildman–Crippen LogP) is 2.33. The van der Waals surface area contributed by atoms with Crippen molar-refractivity contribution in [1.29, 1.82) is 0 Å².